The number of benzene rings is 2. The third-order valence-corrected chi connectivity index (χ3v) is 6.01. The number of unbranched alkanes of at least 4 members (excludes halogenated alkanes) is 3. The molecule has 0 aromatic heterocycles. The normalized spacial score (nSPS) is 11.1. The molecule has 2 aromatic rings. The molecule has 2 rings (SSSR count). The molecule has 0 spiro atoms. The molecule has 2 aromatic carbocycles. The Labute approximate surface area is 204 Å². The van der Waals surface area contributed by atoms with Crippen LogP contribution >= 0.6 is 0 Å². The van der Waals surface area contributed by atoms with E-state index in [0.717, 1.165) is 56.6 Å². The van der Waals surface area contributed by atoms with Crippen LogP contribution in [0.4, 0.5) is 5.69 Å². The number of carbonyl (C=O) groups excluding carboxylic acids is 1. The van der Waals surface area contributed by atoms with Gasteiger partial charge in [0.2, 0.25) is 0 Å². The van der Waals surface area contributed by atoms with E-state index in [9.17, 15) is 14.9 Å². The van der Waals surface area contributed by atoms with Gasteiger partial charge in [0.25, 0.3) is 5.69 Å². The lowest BCUT2D eigenvalue weighted by Gasteiger charge is -2.21. The number of nitro benzene ring substituents is 1. The van der Waals surface area contributed by atoms with E-state index in [-0.39, 0.29) is 11.5 Å². The number of carbonyl (C=O) groups is 1. The molecule has 0 aliphatic heterocycles. The second kappa shape index (κ2) is 15.2. The van der Waals surface area contributed by atoms with Crippen LogP contribution in [-0.4, -0.2) is 41.8 Å². The number of hydrogen-bond acceptors (Lipinski definition) is 5. The van der Waals surface area contributed by atoms with Crippen molar-refractivity contribution < 1.29 is 14.5 Å². The molecule has 0 unspecified atom stereocenters. The molecular weight excluding hydrogens is 428 g/mol. The fourth-order valence-corrected chi connectivity index (χ4v) is 3.91. The molecule has 0 fully saturated rings. The van der Waals surface area contributed by atoms with Crippen LogP contribution in [0.15, 0.2) is 42.5 Å². The summed E-state index contributed by atoms with van der Waals surface area (Å²) in [5.41, 5.74) is 1.72. The van der Waals surface area contributed by atoms with Gasteiger partial charge in [-0.15, -0.1) is 0 Å². The van der Waals surface area contributed by atoms with Crippen LogP contribution in [0.1, 0.15) is 87.2 Å². The van der Waals surface area contributed by atoms with Crippen molar-refractivity contribution in [2.24, 2.45) is 0 Å². The molecule has 0 aliphatic rings. The van der Waals surface area contributed by atoms with E-state index >= 15 is 0 Å². The molecule has 34 heavy (non-hydrogen) atoms. The van der Waals surface area contributed by atoms with E-state index < -0.39 is 4.92 Å². The summed E-state index contributed by atoms with van der Waals surface area (Å²) < 4.78 is 5.91. The quantitative estimate of drug-likeness (QED) is 0.110. The van der Waals surface area contributed by atoms with Crippen LogP contribution in [0.3, 0.4) is 0 Å². The van der Waals surface area contributed by atoms with Crippen LogP contribution in [0.25, 0.3) is 0 Å². The van der Waals surface area contributed by atoms with Gasteiger partial charge in [0.05, 0.1) is 11.5 Å². The van der Waals surface area contributed by atoms with E-state index in [1.165, 1.54) is 37.8 Å². The van der Waals surface area contributed by atoms with Gasteiger partial charge in [-0.2, -0.15) is 0 Å². The number of aryl methyl sites for hydroxylation is 1. The van der Waals surface area contributed by atoms with E-state index in [4.69, 9.17) is 4.74 Å². The molecule has 6 heteroatoms. The first-order valence-electron chi connectivity index (χ1n) is 12.8. The Balaban J connectivity index is 1.98. The van der Waals surface area contributed by atoms with Crippen molar-refractivity contribution in [2.45, 2.75) is 72.1 Å². The first-order valence-corrected chi connectivity index (χ1v) is 12.8. The predicted octanol–water partition coefficient (Wildman–Crippen LogP) is 6.84. The standard InChI is InChI=1S/C28H40N2O4/c1-4-7-11-23-12-15-25(30(32)33)22-27(23)28(31)24-13-16-26(17-14-24)34-21-10-20-29(18-8-5-2)19-9-6-3/h12-17,22H,4-11,18-21H2,1-3H3. The lowest BCUT2D eigenvalue weighted by Crippen LogP contribution is -2.28. The lowest BCUT2D eigenvalue weighted by atomic mass is 9.95. The lowest BCUT2D eigenvalue weighted by molar-refractivity contribution is -0.384. The Hall–Kier alpha value is -2.73. The minimum atomic E-state index is -0.455. The van der Waals surface area contributed by atoms with Crippen molar-refractivity contribution in [1.29, 1.82) is 0 Å². The van der Waals surface area contributed by atoms with Crippen LogP contribution in [0.5, 0.6) is 5.75 Å². The number of non-ortho nitro benzene ring substituents is 1. The van der Waals surface area contributed by atoms with Gasteiger partial charge in [-0.1, -0.05) is 46.1 Å². The molecule has 0 aliphatic carbocycles. The summed E-state index contributed by atoms with van der Waals surface area (Å²) in [5.74, 6) is 0.541. The van der Waals surface area contributed by atoms with Gasteiger partial charge in [-0.25, -0.2) is 0 Å². The maximum absolute atomic E-state index is 13.2. The summed E-state index contributed by atoms with van der Waals surface area (Å²) in [6, 6.07) is 11.7. The zero-order valence-electron chi connectivity index (χ0n) is 21.1. The Bertz CT molecular complexity index is 888. The number of nitrogens with zero attached hydrogens (tertiary/aromatic N) is 2. The van der Waals surface area contributed by atoms with E-state index in [1.807, 2.05) is 12.1 Å². The first kappa shape index (κ1) is 27.5. The zero-order chi connectivity index (χ0) is 24.8. The molecule has 186 valence electrons. The largest absolute Gasteiger partial charge is 0.494 e. The van der Waals surface area contributed by atoms with Crippen molar-refractivity contribution in [1.82, 2.24) is 4.90 Å². The third kappa shape index (κ3) is 8.90. The summed E-state index contributed by atoms with van der Waals surface area (Å²) in [7, 11) is 0. The summed E-state index contributed by atoms with van der Waals surface area (Å²) in [6.07, 6.45) is 8.48. The molecule has 6 nitrogen and oxygen atoms in total. The number of nitro groups is 1. The fraction of sp³-hybridized carbons (Fsp3) is 0.536. The van der Waals surface area contributed by atoms with Crippen molar-refractivity contribution in [3.8, 4) is 5.75 Å². The molecule has 0 N–H and O–H groups in total. The predicted molar refractivity (Wildman–Crippen MR) is 138 cm³/mol. The van der Waals surface area contributed by atoms with Crippen LogP contribution in [0.2, 0.25) is 0 Å². The van der Waals surface area contributed by atoms with Crippen molar-refractivity contribution in [3.05, 3.63) is 69.3 Å². The third-order valence-electron chi connectivity index (χ3n) is 6.01. The maximum Gasteiger partial charge on any atom is 0.270 e. The SMILES string of the molecule is CCCCc1ccc([N+](=O)[O-])cc1C(=O)c1ccc(OCCCN(CCCC)CCCC)cc1. The van der Waals surface area contributed by atoms with Crippen LogP contribution < -0.4 is 4.74 Å². The van der Waals surface area contributed by atoms with Gasteiger partial charge in [0.1, 0.15) is 5.75 Å². The number of rotatable bonds is 17. The molecule has 0 heterocycles. The molecule has 0 radical (unpaired) electrons. The molecule has 0 saturated heterocycles. The second-order valence-corrected chi connectivity index (χ2v) is 8.81. The Morgan fingerprint density at radius 2 is 1.50 bits per heavy atom. The number of ketones is 1. The molecule has 0 saturated carbocycles. The molecule has 0 atom stereocenters. The summed E-state index contributed by atoms with van der Waals surface area (Å²) in [6.45, 7) is 10.5. The van der Waals surface area contributed by atoms with Gasteiger partial charge in [-0.3, -0.25) is 14.9 Å². The highest BCUT2D eigenvalue weighted by Crippen LogP contribution is 2.24. The highest BCUT2D eigenvalue weighted by molar-refractivity contribution is 6.10. The molecule has 0 bridgehead atoms. The minimum Gasteiger partial charge on any atom is -0.494 e. The van der Waals surface area contributed by atoms with E-state index in [0.29, 0.717) is 17.7 Å². The topological polar surface area (TPSA) is 72.7 Å². The second-order valence-electron chi connectivity index (χ2n) is 8.81. The van der Waals surface area contributed by atoms with Crippen LogP contribution in [-0.2, 0) is 6.42 Å². The first-order chi connectivity index (χ1) is 16.5. The Morgan fingerprint density at radius 1 is 0.882 bits per heavy atom. The Morgan fingerprint density at radius 3 is 2.09 bits per heavy atom. The van der Waals surface area contributed by atoms with Gasteiger partial charge in [-0.05, 0) is 75.0 Å². The highest BCUT2D eigenvalue weighted by Gasteiger charge is 2.18. The van der Waals surface area contributed by atoms with Gasteiger partial charge in [0.15, 0.2) is 5.78 Å². The smallest absolute Gasteiger partial charge is 0.270 e. The highest BCUT2D eigenvalue weighted by atomic mass is 16.6. The van der Waals surface area contributed by atoms with Crippen molar-refractivity contribution in [2.75, 3.05) is 26.2 Å². The van der Waals surface area contributed by atoms with E-state index in [2.05, 4.69) is 25.7 Å². The van der Waals surface area contributed by atoms with Gasteiger partial charge < -0.3 is 9.64 Å². The fourth-order valence-electron chi connectivity index (χ4n) is 3.91. The van der Waals surface area contributed by atoms with Crippen LogP contribution in [0, 0.1) is 10.1 Å². The number of hydrogen-bond donors (Lipinski definition) is 0. The summed E-state index contributed by atoms with van der Waals surface area (Å²) in [5, 5.41) is 11.2. The van der Waals surface area contributed by atoms with Gasteiger partial charge >= 0.3 is 0 Å². The summed E-state index contributed by atoms with van der Waals surface area (Å²) in [4.78, 5) is 26.4. The van der Waals surface area contributed by atoms with E-state index in [1.54, 1.807) is 18.2 Å². The minimum absolute atomic E-state index is 0.0598. The average molecular weight is 469 g/mol. The average Bonchev–Trinajstić information content (AvgIpc) is 2.86. The van der Waals surface area contributed by atoms with Gasteiger partial charge in [0, 0.05) is 29.8 Å². The number of ether oxygens (including phenoxy) is 1. The Kier molecular flexibility index (Phi) is 12.3. The monoisotopic (exact) mass is 468 g/mol. The zero-order valence-corrected chi connectivity index (χ0v) is 21.1. The summed E-state index contributed by atoms with van der Waals surface area (Å²) >= 11 is 0. The maximum atomic E-state index is 13.2. The van der Waals surface area contributed by atoms with Crippen molar-refractivity contribution in [3.63, 3.8) is 0 Å². The molecule has 0 amide bonds. The molecular formula is C28H40N2O4. The van der Waals surface area contributed by atoms with Crippen molar-refractivity contribution >= 4 is 11.5 Å².